The second-order valence-corrected chi connectivity index (χ2v) is 8.64. The molecule has 5 heterocycles. The Labute approximate surface area is 179 Å². The van der Waals surface area contributed by atoms with Gasteiger partial charge in [-0.25, -0.2) is 14.5 Å². The van der Waals surface area contributed by atoms with Gasteiger partial charge >= 0.3 is 0 Å². The summed E-state index contributed by atoms with van der Waals surface area (Å²) in [6, 6.07) is 3.87. The lowest BCUT2D eigenvalue weighted by Gasteiger charge is -2.38. The number of ether oxygens (including phenoxy) is 1. The van der Waals surface area contributed by atoms with Gasteiger partial charge in [-0.05, 0) is 43.1 Å². The van der Waals surface area contributed by atoms with Crippen molar-refractivity contribution in [2.75, 3.05) is 43.2 Å². The van der Waals surface area contributed by atoms with Crippen molar-refractivity contribution in [2.24, 2.45) is 5.41 Å². The summed E-state index contributed by atoms with van der Waals surface area (Å²) in [5.74, 6) is 1.46. The van der Waals surface area contributed by atoms with E-state index in [9.17, 15) is 0 Å². The summed E-state index contributed by atoms with van der Waals surface area (Å²) in [5.41, 5.74) is 6.98. The Morgan fingerprint density at radius 2 is 1.97 bits per heavy atom. The second kappa shape index (κ2) is 8.77. The number of nitrogens with zero attached hydrogens (tertiary/aromatic N) is 5. The predicted molar refractivity (Wildman–Crippen MR) is 118 cm³/mol. The summed E-state index contributed by atoms with van der Waals surface area (Å²) >= 11 is 7.34. The molecule has 0 radical (unpaired) electrons. The maximum Gasteiger partial charge on any atom is 0.154 e. The zero-order valence-corrected chi connectivity index (χ0v) is 18.0. The molecule has 2 N–H and O–H groups in total. The number of nitrogen functional groups attached to an aromatic ring is 1. The van der Waals surface area contributed by atoms with E-state index in [-0.39, 0.29) is 0 Å². The van der Waals surface area contributed by atoms with Crippen molar-refractivity contribution in [1.82, 2.24) is 19.6 Å². The number of fused-ring (bicyclic) bond motifs is 1. The highest BCUT2D eigenvalue weighted by atomic mass is 35.5. The van der Waals surface area contributed by atoms with Crippen LogP contribution in [0.2, 0.25) is 5.02 Å². The van der Waals surface area contributed by atoms with Crippen LogP contribution in [0.3, 0.4) is 0 Å². The molecule has 0 unspecified atom stereocenters. The Bertz CT molecular complexity index is 965. The van der Waals surface area contributed by atoms with Crippen LogP contribution >= 0.6 is 23.4 Å². The molecule has 1 spiro atoms. The number of pyridine rings is 1. The van der Waals surface area contributed by atoms with Crippen molar-refractivity contribution in [1.29, 1.82) is 0 Å². The van der Waals surface area contributed by atoms with Crippen molar-refractivity contribution >= 4 is 40.5 Å². The molecule has 3 aromatic heterocycles. The standard InChI is InChI=1S/C14H18N4O.C6H7ClN2S/c1-5-16-18-9-6-15-13(12(1)18)17-7-2-14(3-8-17)4-10-19-11-14;1-10-4-2-3-9-6(8)5(4)7/h1,5-6,9H,2-4,7-8,10-11H2;2-3H,1H3,(H2,8,9). The Hall–Kier alpha value is -2.03. The molecule has 0 aromatic carbocycles. The molecular formula is C20H25ClN6OS. The predicted octanol–water partition coefficient (Wildman–Crippen LogP) is 3.78. The fraction of sp³-hybridized carbons (Fsp3) is 0.450. The molecule has 5 rings (SSSR count). The molecule has 2 saturated heterocycles. The van der Waals surface area contributed by atoms with Crippen LogP contribution in [0, 0.1) is 5.41 Å². The first-order valence-corrected chi connectivity index (χ1v) is 11.3. The van der Waals surface area contributed by atoms with E-state index in [1.54, 1.807) is 18.0 Å². The lowest BCUT2D eigenvalue weighted by molar-refractivity contribution is 0.133. The molecule has 3 aromatic rings. The highest BCUT2D eigenvalue weighted by molar-refractivity contribution is 7.98. The van der Waals surface area contributed by atoms with Crippen LogP contribution in [0.25, 0.3) is 5.52 Å². The fourth-order valence-electron chi connectivity index (χ4n) is 3.92. The van der Waals surface area contributed by atoms with Gasteiger partial charge in [-0.15, -0.1) is 11.8 Å². The SMILES string of the molecule is CSc1ccnc(N)c1Cl.c1cn2nccc2c(N2CCC3(CCOC3)CC2)n1. The lowest BCUT2D eigenvalue weighted by atomic mass is 9.78. The van der Waals surface area contributed by atoms with E-state index in [4.69, 9.17) is 22.1 Å². The van der Waals surface area contributed by atoms with Gasteiger partial charge in [0, 0.05) is 43.2 Å². The highest BCUT2D eigenvalue weighted by Crippen LogP contribution is 2.40. The largest absolute Gasteiger partial charge is 0.382 e. The molecule has 154 valence electrons. The van der Waals surface area contributed by atoms with Gasteiger partial charge in [-0.1, -0.05) is 11.6 Å². The quantitative estimate of drug-likeness (QED) is 0.617. The molecule has 2 fully saturated rings. The summed E-state index contributed by atoms with van der Waals surface area (Å²) in [6.45, 7) is 4.03. The number of piperidine rings is 1. The number of rotatable bonds is 2. The Kier molecular flexibility index (Phi) is 6.12. The summed E-state index contributed by atoms with van der Waals surface area (Å²) in [6.07, 6.45) is 12.8. The average molecular weight is 433 g/mol. The van der Waals surface area contributed by atoms with E-state index in [0.717, 1.165) is 42.5 Å². The number of anilines is 2. The number of thioether (sulfide) groups is 1. The molecule has 2 aliphatic heterocycles. The third kappa shape index (κ3) is 4.29. The van der Waals surface area contributed by atoms with E-state index in [0.29, 0.717) is 16.3 Å². The van der Waals surface area contributed by atoms with Crippen LogP contribution in [0.15, 0.2) is 41.8 Å². The minimum atomic E-state index is 0.397. The van der Waals surface area contributed by atoms with Gasteiger partial charge < -0.3 is 15.4 Å². The van der Waals surface area contributed by atoms with E-state index in [1.165, 1.54) is 19.3 Å². The molecule has 7 nitrogen and oxygen atoms in total. The van der Waals surface area contributed by atoms with E-state index < -0.39 is 0 Å². The van der Waals surface area contributed by atoms with Gasteiger partial charge in [0.1, 0.15) is 11.3 Å². The van der Waals surface area contributed by atoms with Gasteiger partial charge in [0.2, 0.25) is 0 Å². The smallest absolute Gasteiger partial charge is 0.154 e. The summed E-state index contributed by atoms with van der Waals surface area (Å²) in [5, 5.41) is 4.83. The topological polar surface area (TPSA) is 81.6 Å². The van der Waals surface area contributed by atoms with Crippen LogP contribution in [-0.2, 0) is 4.74 Å². The van der Waals surface area contributed by atoms with Crippen LogP contribution in [-0.4, -0.2) is 52.1 Å². The summed E-state index contributed by atoms with van der Waals surface area (Å²) < 4.78 is 7.48. The third-order valence-electron chi connectivity index (χ3n) is 5.71. The van der Waals surface area contributed by atoms with Crippen LogP contribution in [0.5, 0.6) is 0 Å². The molecule has 2 aliphatic rings. The van der Waals surface area contributed by atoms with Crippen molar-refractivity contribution in [2.45, 2.75) is 24.2 Å². The first-order valence-electron chi connectivity index (χ1n) is 9.67. The van der Waals surface area contributed by atoms with Gasteiger partial charge in [0.25, 0.3) is 0 Å². The molecule has 0 saturated carbocycles. The number of hydrogen-bond donors (Lipinski definition) is 1. The maximum atomic E-state index is 5.79. The van der Waals surface area contributed by atoms with Gasteiger partial charge in [0.05, 0.1) is 17.8 Å². The van der Waals surface area contributed by atoms with Gasteiger partial charge in [0.15, 0.2) is 5.82 Å². The van der Waals surface area contributed by atoms with E-state index >= 15 is 0 Å². The van der Waals surface area contributed by atoms with Gasteiger partial charge in [-0.2, -0.15) is 5.10 Å². The zero-order chi connectivity index (χ0) is 20.3. The van der Waals surface area contributed by atoms with E-state index in [2.05, 4.69) is 20.0 Å². The molecular weight excluding hydrogens is 408 g/mol. The fourth-order valence-corrected chi connectivity index (χ4v) is 4.75. The number of hydrogen-bond acceptors (Lipinski definition) is 7. The minimum Gasteiger partial charge on any atom is -0.382 e. The van der Waals surface area contributed by atoms with Crippen LogP contribution in [0.1, 0.15) is 19.3 Å². The summed E-state index contributed by atoms with van der Waals surface area (Å²) in [4.78, 5) is 11.7. The minimum absolute atomic E-state index is 0.397. The third-order valence-corrected chi connectivity index (χ3v) is 7.00. The molecule has 29 heavy (non-hydrogen) atoms. The Balaban J connectivity index is 0.000000174. The molecule has 0 aliphatic carbocycles. The average Bonchev–Trinajstić information content (AvgIpc) is 3.41. The van der Waals surface area contributed by atoms with Crippen LogP contribution < -0.4 is 10.6 Å². The van der Waals surface area contributed by atoms with Crippen molar-refractivity contribution in [3.8, 4) is 0 Å². The monoisotopic (exact) mass is 432 g/mol. The molecule has 9 heteroatoms. The normalized spacial score (nSPS) is 18.1. The molecule has 0 amide bonds. The number of halogens is 1. The maximum absolute atomic E-state index is 5.79. The number of nitrogens with two attached hydrogens (primary N) is 1. The van der Waals surface area contributed by atoms with Gasteiger partial charge in [-0.3, -0.25) is 0 Å². The van der Waals surface area contributed by atoms with Crippen molar-refractivity contribution in [3.63, 3.8) is 0 Å². The summed E-state index contributed by atoms with van der Waals surface area (Å²) in [7, 11) is 0. The second-order valence-electron chi connectivity index (χ2n) is 7.41. The first-order chi connectivity index (χ1) is 14.1. The zero-order valence-electron chi connectivity index (χ0n) is 16.4. The van der Waals surface area contributed by atoms with Crippen molar-refractivity contribution < 1.29 is 4.74 Å². The van der Waals surface area contributed by atoms with Crippen molar-refractivity contribution in [3.05, 3.63) is 41.9 Å². The Morgan fingerprint density at radius 3 is 2.66 bits per heavy atom. The first kappa shape index (κ1) is 20.3. The highest BCUT2D eigenvalue weighted by Gasteiger charge is 2.38. The lowest BCUT2D eigenvalue weighted by Crippen LogP contribution is -2.41. The Morgan fingerprint density at radius 1 is 1.14 bits per heavy atom. The molecule has 0 bridgehead atoms. The molecule has 0 atom stereocenters. The van der Waals surface area contributed by atoms with E-state index in [1.807, 2.05) is 41.5 Å². The van der Waals surface area contributed by atoms with Crippen LogP contribution in [0.4, 0.5) is 11.6 Å². The number of aromatic nitrogens is 4.